The number of rotatable bonds is 3. The largest absolute Gasteiger partial charge is 0.466 e. The van der Waals surface area contributed by atoms with E-state index in [0.717, 1.165) is 4.90 Å². The molecule has 0 amide bonds. The van der Waals surface area contributed by atoms with Gasteiger partial charge in [0.1, 0.15) is 0 Å². The summed E-state index contributed by atoms with van der Waals surface area (Å²) >= 11 is 1.19. The van der Waals surface area contributed by atoms with Gasteiger partial charge in [0.25, 0.3) is 0 Å². The molecule has 0 aliphatic heterocycles. The number of nitrogens with zero attached hydrogens (tertiary/aromatic N) is 1. The fraction of sp³-hybridized carbons (Fsp3) is 0. The van der Waals surface area contributed by atoms with E-state index in [9.17, 15) is 4.79 Å². The highest BCUT2D eigenvalue weighted by molar-refractivity contribution is 8.14. The van der Waals surface area contributed by atoms with Crippen LogP contribution in [0, 0.1) is 0 Å². The normalized spacial score (nSPS) is 10.3. The molecule has 24 heavy (non-hydrogen) atoms. The van der Waals surface area contributed by atoms with Crippen LogP contribution in [0.15, 0.2) is 64.5 Å². The van der Waals surface area contributed by atoms with Crippen molar-refractivity contribution in [3.8, 4) is 0 Å². The van der Waals surface area contributed by atoms with Gasteiger partial charge in [-0.05, 0) is 48.2 Å². The first kappa shape index (κ1) is 19.9. The standard InChI is InChI=1S/C14H13N3OS.H3O4P/c15-14(16)17-11-8-6-10(7-9-11)13(18)19-12-4-2-1-3-5-12;1-5(2,3)4/h1-9H,(H4,15,16,17);(H3,1,2,3,4). The lowest BCUT2D eigenvalue weighted by Gasteiger charge is -2.01. The Morgan fingerprint density at radius 2 is 1.46 bits per heavy atom. The SMILES string of the molecule is NC(N)=Nc1ccc(C(=O)Sc2ccccc2)cc1.O=P(O)(O)O. The van der Waals surface area contributed by atoms with E-state index in [1.165, 1.54) is 11.8 Å². The lowest BCUT2D eigenvalue weighted by molar-refractivity contribution is 0.108. The first-order valence-corrected chi connectivity index (χ1v) is 8.78. The van der Waals surface area contributed by atoms with Crippen molar-refractivity contribution in [1.82, 2.24) is 0 Å². The van der Waals surface area contributed by atoms with E-state index >= 15 is 0 Å². The fourth-order valence-corrected chi connectivity index (χ4v) is 2.24. The third-order valence-corrected chi connectivity index (χ3v) is 3.24. The maximum Gasteiger partial charge on any atom is 0.466 e. The molecule has 8 nitrogen and oxygen atoms in total. The van der Waals surface area contributed by atoms with Crippen molar-refractivity contribution in [2.24, 2.45) is 16.5 Å². The molecule has 7 N–H and O–H groups in total. The Morgan fingerprint density at radius 3 is 1.92 bits per heavy atom. The number of thioether (sulfide) groups is 1. The van der Waals surface area contributed by atoms with Gasteiger partial charge >= 0.3 is 7.82 Å². The van der Waals surface area contributed by atoms with Crippen LogP contribution in [0.5, 0.6) is 0 Å². The Balaban J connectivity index is 0.000000505. The Morgan fingerprint density at radius 1 is 0.958 bits per heavy atom. The molecule has 0 heterocycles. The summed E-state index contributed by atoms with van der Waals surface area (Å²) in [7, 11) is -4.64. The molecule has 0 saturated carbocycles. The molecule has 2 rings (SSSR count). The average Bonchev–Trinajstić information content (AvgIpc) is 2.46. The molecule has 0 radical (unpaired) electrons. The lowest BCUT2D eigenvalue weighted by Crippen LogP contribution is -2.21. The highest BCUT2D eigenvalue weighted by atomic mass is 32.2. The van der Waals surface area contributed by atoms with Gasteiger partial charge in [-0.3, -0.25) is 4.79 Å². The number of nitrogens with two attached hydrogens (primary N) is 2. The lowest BCUT2D eigenvalue weighted by atomic mass is 10.2. The van der Waals surface area contributed by atoms with Crippen LogP contribution in [-0.2, 0) is 4.57 Å². The van der Waals surface area contributed by atoms with Gasteiger partial charge in [-0.2, -0.15) is 0 Å². The monoisotopic (exact) mass is 369 g/mol. The maximum absolute atomic E-state index is 12.0. The number of carbonyl (C=O) groups is 1. The summed E-state index contributed by atoms with van der Waals surface area (Å²) in [5.41, 5.74) is 11.8. The molecule has 2 aromatic carbocycles. The number of guanidine groups is 1. The zero-order valence-electron chi connectivity index (χ0n) is 12.3. The smallest absolute Gasteiger partial charge is 0.370 e. The quantitative estimate of drug-likeness (QED) is 0.236. The van der Waals surface area contributed by atoms with E-state index in [-0.39, 0.29) is 11.1 Å². The maximum atomic E-state index is 12.0. The van der Waals surface area contributed by atoms with Crippen LogP contribution >= 0.6 is 19.6 Å². The highest BCUT2D eigenvalue weighted by Gasteiger charge is 2.07. The van der Waals surface area contributed by atoms with Crippen LogP contribution in [0.2, 0.25) is 0 Å². The average molecular weight is 369 g/mol. The van der Waals surface area contributed by atoms with Gasteiger partial charge < -0.3 is 26.1 Å². The molecule has 0 atom stereocenters. The Labute approximate surface area is 142 Å². The van der Waals surface area contributed by atoms with Gasteiger partial charge in [0.2, 0.25) is 5.12 Å². The molecule has 128 valence electrons. The van der Waals surface area contributed by atoms with Gasteiger partial charge in [-0.1, -0.05) is 18.2 Å². The molecule has 0 spiro atoms. The molecular formula is C14H16N3O5PS. The summed E-state index contributed by atoms with van der Waals surface area (Å²) in [6, 6.07) is 16.3. The van der Waals surface area contributed by atoms with Crippen LogP contribution in [-0.4, -0.2) is 25.8 Å². The third-order valence-electron chi connectivity index (χ3n) is 2.31. The van der Waals surface area contributed by atoms with Crippen LogP contribution in [0.25, 0.3) is 0 Å². The highest BCUT2D eigenvalue weighted by Crippen LogP contribution is 2.26. The predicted molar refractivity (Wildman–Crippen MR) is 92.8 cm³/mol. The summed E-state index contributed by atoms with van der Waals surface area (Å²) < 4.78 is 8.88. The topological polar surface area (TPSA) is 159 Å². The molecule has 0 saturated heterocycles. The Kier molecular flexibility index (Phi) is 7.63. The van der Waals surface area contributed by atoms with E-state index in [1.54, 1.807) is 24.3 Å². The first-order valence-electron chi connectivity index (χ1n) is 6.40. The first-order chi connectivity index (χ1) is 11.1. The number of carbonyl (C=O) groups excluding carboxylic acids is 1. The molecule has 10 heteroatoms. The number of hydrogen-bond donors (Lipinski definition) is 5. The number of benzene rings is 2. The number of hydrogen-bond acceptors (Lipinski definition) is 4. The van der Waals surface area contributed by atoms with Crippen molar-refractivity contribution >= 4 is 36.3 Å². The minimum Gasteiger partial charge on any atom is -0.370 e. The van der Waals surface area contributed by atoms with E-state index < -0.39 is 7.82 Å². The van der Waals surface area contributed by atoms with E-state index in [2.05, 4.69) is 4.99 Å². The van der Waals surface area contributed by atoms with Crippen LogP contribution in [0.4, 0.5) is 5.69 Å². The van der Waals surface area contributed by atoms with E-state index in [4.69, 9.17) is 30.7 Å². The summed E-state index contributed by atoms with van der Waals surface area (Å²) in [4.78, 5) is 38.4. The second-order valence-electron chi connectivity index (χ2n) is 4.30. The molecule has 0 aliphatic carbocycles. The Bertz CT molecular complexity index is 735. The molecular weight excluding hydrogens is 353 g/mol. The van der Waals surface area contributed by atoms with Gasteiger partial charge in [0.05, 0.1) is 5.69 Å². The number of aliphatic imine (C=N–C) groups is 1. The van der Waals surface area contributed by atoms with Gasteiger partial charge in [-0.25, -0.2) is 9.56 Å². The zero-order valence-corrected chi connectivity index (χ0v) is 14.0. The zero-order chi connectivity index (χ0) is 18.2. The Hall–Kier alpha value is -2.16. The minimum atomic E-state index is -4.64. The van der Waals surface area contributed by atoms with Crippen LogP contribution in [0.1, 0.15) is 10.4 Å². The number of phosphoric acid groups is 1. The fourth-order valence-electron chi connectivity index (χ4n) is 1.48. The molecule has 0 unspecified atom stereocenters. The van der Waals surface area contributed by atoms with Crippen molar-refractivity contribution in [3.63, 3.8) is 0 Å². The molecule has 0 aromatic heterocycles. The predicted octanol–water partition coefficient (Wildman–Crippen LogP) is 1.60. The molecule has 0 fully saturated rings. The molecule has 0 aliphatic rings. The third kappa shape index (κ3) is 9.09. The van der Waals surface area contributed by atoms with Crippen LogP contribution in [0.3, 0.4) is 0 Å². The van der Waals surface area contributed by atoms with Gasteiger partial charge in [0.15, 0.2) is 5.96 Å². The molecule has 2 aromatic rings. The van der Waals surface area contributed by atoms with Gasteiger partial charge in [0, 0.05) is 10.5 Å². The van der Waals surface area contributed by atoms with E-state index in [0.29, 0.717) is 11.3 Å². The van der Waals surface area contributed by atoms with Crippen molar-refractivity contribution in [2.75, 3.05) is 0 Å². The summed E-state index contributed by atoms with van der Waals surface area (Å²) in [5, 5.41) is -0.0116. The van der Waals surface area contributed by atoms with Crippen molar-refractivity contribution in [3.05, 3.63) is 60.2 Å². The van der Waals surface area contributed by atoms with Crippen LogP contribution < -0.4 is 11.5 Å². The summed E-state index contributed by atoms with van der Waals surface area (Å²) in [6.07, 6.45) is 0. The van der Waals surface area contributed by atoms with E-state index in [1.807, 2.05) is 30.3 Å². The van der Waals surface area contributed by atoms with Gasteiger partial charge in [-0.15, -0.1) is 0 Å². The molecule has 0 bridgehead atoms. The summed E-state index contributed by atoms with van der Waals surface area (Å²) in [5.74, 6) is -0.00210. The minimum absolute atomic E-state index is 0.00210. The van der Waals surface area contributed by atoms with Crippen molar-refractivity contribution in [2.45, 2.75) is 4.90 Å². The van der Waals surface area contributed by atoms with Crippen molar-refractivity contribution < 1.29 is 24.0 Å². The second-order valence-corrected chi connectivity index (χ2v) is 6.37. The van der Waals surface area contributed by atoms with Crippen molar-refractivity contribution in [1.29, 1.82) is 0 Å². The summed E-state index contributed by atoms with van der Waals surface area (Å²) in [6.45, 7) is 0. The second kappa shape index (κ2) is 9.21.